The van der Waals surface area contributed by atoms with Crippen LogP contribution in [-0.4, -0.2) is 0 Å². The topological polar surface area (TPSA) is 26.0 Å². The van der Waals surface area contributed by atoms with E-state index < -0.39 is 0 Å². The second-order valence-corrected chi connectivity index (χ2v) is 4.89. The van der Waals surface area contributed by atoms with Gasteiger partial charge in [-0.25, -0.2) is 0 Å². The van der Waals surface area contributed by atoms with Crippen LogP contribution in [0.15, 0.2) is 42.5 Å². The number of nitrogens with two attached hydrogens (primary N) is 1. The zero-order valence-electron chi connectivity index (χ0n) is 10.6. The summed E-state index contributed by atoms with van der Waals surface area (Å²) in [6.45, 7) is 2.70. The minimum Gasteiger partial charge on any atom is -0.326 e. The molecule has 2 aromatic rings. The summed E-state index contributed by atoms with van der Waals surface area (Å²) in [6, 6.07) is 14.6. The number of aryl methyl sites for hydroxylation is 1. The number of hydrogen-bond acceptors (Lipinski definition) is 1. The van der Waals surface area contributed by atoms with E-state index in [4.69, 9.17) is 17.3 Å². The molecule has 0 bridgehead atoms. The maximum atomic E-state index is 6.01. The largest absolute Gasteiger partial charge is 0.326 e. The number of benzene rings is 2. The number of rotatable bonds is 4. The van der Waals surface area contributed by atoms with Crippen molar-refractivity contribution in [3.63, 3.8) is 0 Å². The normalized spacial score (nSPS) is 10.6. The minimum atomic E-state index is 0.508. The summed E-state index contributed by atoms with van der Waals surface area (Å²) in [5.41, 5.74) is 10.7. The van der Waals surface area contributed by atoms with Gasteiger partial charge in [0, 0.05) is 11.6 Å². The second-order valence-electron chi connectivity index (χ2n) is 4.46. The Labute approximate surface area is 114 Å². The van der Waals surface area contributed by atoms with Crippen molar-refractivity contribution in [1.29, 1.82) is 0 Å². The van der Waals surface area contributed by atoms with E-state index in [1.807, 2.05) is 12.1 Å². The van der Waals surface area contributed by atoms with Gasteiger partial charge in [0.25, 0.3) is 0 Å². The van der Waals surface area contributed by atoms with E-state index in [0.717, 1.165) is 23.4 Å². The monoisotopic (exact) mass is 259 g/mol. The molecule has 18 heavy (non-hydrogen) atoms. The van der Waals surface area contributed by atoms with Crippen LogP contribution >= 0.6 is 11.6 Å². The lowest BCUT2D eigenvalue weighted by atomic mass is 9.97. The molecule has 2 rings (SSSR count). The predicted octanol–water partition coefficient (Wildman–Crippen LogP) is 4.42. The highest BCUT2D eigenvalue weighted by Gasteiger charge is 2.05. The summed E-state index contributed by atoms with van der Waals surface area (Å²) in [5, 5.41) is 0.740. The van der Waals surface area contributed by atoms with Crippen LogP contribution in [0.5, 0.6) is 0 Å². The molecule has 2 aromatic carbocycles. The molecule has 0 radical (unpaired) electrons. The molecule has 0 aliphatic carbocycles. The van der Waals surface area contributed by atoms with Crippen molar-refractivity contribution in [3.05, 3.63) is 58.6 Å². The average Bonchev–Trinajstić information content (AvgIpc) is 2.39. The maximum absolute atomic E-state index is 6.01. The lowest BCUT2D eigenvalue weighted by Crippen LogP contribution is -1.99. The fourth-order valence-electron chi connectivity index (χ4n) is 2.20. The molecule has 0 aliphatic rings. The van der Waals surface area contributed by atoms with Crippen LogP contribution in [-0.2, 0) is 13.0 Å². The van der Waals surface area contributed by atoms with E-state index in [2.05, 4.69) is 37.3 Å². The summed E-state index contributed by atoms with van der Waals surface area (Å²) in [6.07, 6.45) is 2.27. The molecular weight excluding hydrogens is 242 g/mol. The lowest BCUT2D eigenvalue weighted by molar-refractivity contribution is 0.922. The first-order valence-corrected chi connectivity index (χ1v) is 6.70. The van der Waals surface area contributed by atoms with E-state index >= 15 is 0 Å². The van der Waals surface area contributed by atoms with Crippen molar-refractivity contribution in [3.8, 4) is 11.1 Å². The van der Waals surface area contributed by atoms with Crippen LogP contribution in [0.25, 0.3) is 11.1 Å². The Hall–Kier alpha value is -1.31. The van der Waals surface area contributed by atoms with Gasteiger partial charge >= 0.3 is 0 Å². The van der Waals surface area contributed by atoms with Gasteiger partial charge in [-0.1, -0.05) is 55.3 Å². The average molecular weight is 260 g/mol. The highest BCUT2D eigenvalue weighted by Crippen LogP contribution is 2.27. The molecule has 2 N–H and O–H groups in total. The zero-order chi connectivity index (χ0) is 13.0. The van der Waals surface area contributed by atoms with Gasteiger partial charge in [0.1, 0.15) is 0 Å². The molecule has 0 spiro atoms. The smallest absolute Gasteiger partial charge is 0.0409 e. The van der Waals surface area contributed by atoms with Gasteiger partial charge in [-0.15, -0.1) is 0 Å². The van der Waals surface area contributed by atoms with Crippen molar-refractivity contribution in [1.82, 2.24) is 0 Å². The first-order chi connectivity index (χ1) is 8.74. The Balaban J connectivity index is 2.44. The summed E-state index contributed by atoms with van der Waals surface area (Å²) in [4.78, 5) is 0. The van der Waals surface area contributed by atoms with Crippen LogP contribution in [0, 0.1) is 0 Å². The molecule has 0 aromatic heterocycles. The Bertz CT molecular complexity index is 534. The van der Waals surface area contributed by atoms with Gasteiger partial charge in [0.05, 0.1) is 0 Å². The van der Waals surface area contributed by atoms with Gasteiger partial charge in [-0.2, -0.15) is 0 Å². The molecule has 0 fully saturated rings. The van der Waals surface area contributed by atoms with Crippen molar-refractivity contribution in [2.24, 2.45) is 5.73 Å². The molecule has 0 atom stereocenters. The third kappa shape index (κ3) is 2.92. The van der Waals surface area contributed by atoms with E-state index in [1.165, 1.54) is 16.7 Å². The third-order valence-corrected chi connectivity index (χ3v) is 3.30. The van der Waals surface area contributed by atoms with Crippen LogP contribution in [0.4, 0.5) is 0 Å². The maximum Gasteiger partial charge on any atom is 0.0409 e. The molecular formula is C16H18ClN. The molecule has 2 heteroatoms. The first kappa shape index (κ1) is 13.1. The Morgan fingerprint density at radius 3 is 2.67 bits per heavy atom. The van der Waals surface area contributed by atoms with Crippen LogP contribution in [0.1, 0.15) is 24.5 Å². The second kappa shape index (κ2) is 6.03. The van der Waals surface area contributed by atoms with Crippen LogP contribution in [0.2, 0.25) is 5.02 Å². The Kier molecular flexibility index (Phi) is 4.40. The van der Waals surface area contributed by atoms with Gasteiger partial charge in [-0.05, 0) is 40.8 Å². The van der Waals surface area contributed by atoms with Crippen molar-refractivity contribution in [2.75, 3.05) is 0 Å². The van der Waals surface area contributed by atoms with Crippen molar-refractivity contribution >= 4 is 11.6 Å². The van der Waals surface area contributed by atoms with Crippen LogP contribution in [0.3, 0.4) is 0 Å². The molecule has 0 saturated carbocycles. The van der Waals surface area contributed by atoms with Crippen molar-refractivity contribution < 1.29 is 0 Å². The third-order valence-electron chi connectivity index (χ3n) is 3.06. The number of halogens is 1. The van der Waals surface area contributed by atoms with Gasteiger partial charge < -0.3 is 5.73 Å². The highest BCUT2D eigenvalue weighted by atomic mass is 35.5. The van der Waals surface area contributed by atoms with E-state index in [9.17, 15) is 0 Å². The quantitative estimate of drug-likeness (QED) is 0.864. The predicted molar refractivity (Wildman–Crippen MR) is 78.8 cm³/mol. The van der Waals surface area contributed by atoms with Gasteiger partial charge in [0.2, 0.25) is 0 Å². The fourth-order valence-corrected chi connectivity index (χ4v) is 2.39. The fraction of sp³-hybridized carbons (Fsp3) is 0.250. The van der Waals surface area contributed by atoms with E-state index in [-0.39, 0.29) is 0 Å². The molecule has 0 heterocycles. The minimum absolute atomic E-state index is 0.508. The Morgan fingerprint density at radius 2 is 1.94 bits per heavy atom. The van der Waals surface area contributed by atoms with Gasteiger partial charge in [0.15, 0.2) is 0 Å². The lowest BCUT2D eigenvalue weighted by Gasteiger charge is -2.10. The molecule has 0 aliphatic heterocycles. The summed E-state index contributed by atoms with van der Waals surface area (Å²) in [7, 11) is 0. The number of hydrogen-bond donors (Lipinski definition) is 1. The molecule has 0 saturated heterocycles. The Morgan fingerprint density at radius 1 is 1.11 bits per heavy atom. The van der Waals surface area contributed by atoms with E-state index in [1.54, 1.807) is 0 Å². The van der Waals surface area contributed by atoms with Gasteiger partial charge in [-0.3, -0.25) is 0 Å². The standard InChI is InChI=1S/C16H18ClN/c1-2-4-12-5-3-6-13(9-12)16-8-7-15(17)10-14(16)11-18/h3,5-10H,2,4,11,18H2,1H3. The summed E-state index contributed by atoms with van der Waals surface area (Å²) >= 11 is 6.01. The SMILES string of the molecule is CCCc1cccc(-c2ccc(Cl)cc2CN)c1. The van der Waals surface area contributed by atoms with E-state index in [0.29, 0.717) is 6.54 Å². The molecule has 1 nitrogen and oxygen atoms in total. The zero-order valence-corrected chi connectivity index (χ0v) is 11.4. The van der Waals surface area contributed by atoms with Crippen molar-refractivity contribution in [2.45, 2.75) is 26.3 Å². The van der Waals surface area contributed by atoms with Crippen LogP contribution < -0.4 is 5.73 Å². The molecule has 0 amide bonds. The summed E-state index contributed by atoms with van der Waals surface area (Å²) in [5.74, 6) is 0. The summed E-state index contributed by atoms with van der Waals surface area (Å²) < 4.78 is 0. The molecule has 0 unspecified atom stereocenters. The first-order valence-electron chi connectivity index (χ1n) is 6.32. The highest BCUT2D eigenvalue weighted by molar-refractivity contribution is 6.30. The molecule has 94 valence electrons.